The molecule has 8 rings (SSSR count). The molecule has 3 heteroatoms. The van der Waals surface area contributed by atoms with Crippen molar-refractivity contribution >= 4 is 22.3 Å². The van der Waals surface area contributed by atoms with E-state index < -0.39 is 0 Å². The average molecular weight is 482 g/mol. The van der Waals surface area contributed by atoms with Crippen LogP contribution in [0.4, 0.5) is 5.69 Å². The summed E-state index contributed by atoms with van der Waals surface area (Å²) in [7, 11) is 0. The van der Waals surface area contributed by atoms with E-state index >= 15 is 0 Å². The van der Waals surface area contributed by atoms with Crippen molar-refractivity contribution in [3.05, 3.63) is 114 Å². The number of hydrogen-bond acceptors (Lipinski definition) is 2. The molecule has 0 amide bonds. The average Bonchev–Trinajstić information content (AvgIpc) is 3.30. The number of allylic oxidation sites excluding steroid dienone is 4. The van der Waals surface area contributed by atoms with Crippen molar-refractivity contribution in [1.29, 1.82) is 0 Å². The molecule has 4 aromatic rings. The Morgan fingerprint density at radius 1 is 0.838 bits per heavy atom. The Labute approximate surface area is 218 Å². The van der Waals surface area contributed by atoms with Crippen LogP contribution in [0.3, 0.4) is 0 Å². The molecule has 1 aliphatic heterocycles. The van der Waals surface area contributed by atoms with E-state index in [9.17, 15) is 0 Å². The van der Waals surface area contributed by atoms with Crippen LogP contribution in [0.2, 0.25) is 0 Å². The summed E-state index contributed by atoms with van der Waals surface area (Å²) in [4.78, 5) is 8.02. The van der Waals surface area contributed by atoms with Gasteiger partial charge >= 0.3 is 0 Å². The first-order chi connectivity index (χ1) is 18.3. The minimum atomic E-state index is 0.254. The summed E-state index contributed by atoms with van der Waals surface area (Å²) in [6.45, 7) is 2.45. The van der Waals surface area contributed by atoms with Crippen molar-refractivity contribution in [3.63, 3.8) is 0 Å². The fourth-order valence-corrected chi connectivity index (χ4v) is 7.58. The van der Waals surface area contributed by atoms with Gasteiger partial charge in [-0.3, -0.25) is 0 Å². The van der Waals surface area contributed by atoms with Gasteiger partial charge in [0.1, 0.15) is 5.82 Å². The SMILES string of the molecule is CC1C2=C(CCC=C2)c2ccccc2C1N1c2ccccc2-c2nc3ccccc3n2[C@@H]2CCC=CC21. The highest BCUT2D eigenvalue weighted by atomic mass is 15.3. The highest BCUT2D eigenvalue weighted by molar-refractivity contribution is 5.87. The quantitative estimate of drug-likeness (QED) is 0.255. The molecule has 4 atom stereocenters. The van der Waals surface area contributed by atoms with Crippen LogP contribution in [0.25, 0.3) is 28.0 Å². The first kappa shape index (κ1) is 21.3. The maximum atomic E-state index is 5.25. The third kappa shape index (κ3) is 2.97. The molecule has 0 fully saturated rings. The highest BCUT2D eigenvalue weighted by Crippen LogP contribution is 2.53. The molecule has 0 saturated heterocycles. The van der Waals surface area contributed by atoms with E-state index in [0.717, 1.165) is 37.0 Å². The van der Waals surface area contributed by atoms with Crippen LogP contribution >= 0.6 is 0 Å². The van der Waals surface area contributed by atoms with Crippen molar-refractivity contribution < 1.29 is 0 Å². The molecule has 3 nitrogen and oxygen atoms in total. The number of hydrogen-bond donors (Lipinski definition) is 0. The van der Waals surface area contributed by atoms with E-state index in [4.69, 9.17) is 4.98 Å². The van der Waals surface area contributed by atoms with Gasteiger partial charge in [0.2, 0.25) is 0 Å². The Balaban J connectivity index is 1.42. The lowest BCUT2D eigenvalue weighted by molar-refractivity contribution is 0.365. The minimum Gasteiger partial charge on any atom is -0.355 e. The monoisotopic (exact) mass is 481 g/mol. The summed E-state index contributed by atoms with van der Waals surface area (Å²) in [6, 6.07) is 27.7. The molecule has 37 heavy (non-hydrogen) atoms. The number of imidazole rings is 1. The van der Waals surface area contributed by atoms with Gasteiger partial charge in [-0.1, -0.05) is 79.8 Å². The minimum absolute atomic E-state index is 0.254. The Morgan fingerprint density at radius 2 is 1.65 bits per heavy atom. The molecule has 0 bridgehead atoms. The molecule has 0 radical (unpaired) electrons. The normalized spacial score (nSPS) is 25.7. The molecule has 3 aromatic carbocycles. The van der Waals surface area contributed by atoms with Gasteiger partial charge in [0.15, 0.2) is 0 Å². The Hall–Kier alpha value is -3.85. The molecule has 3 aliphatic carbocycles. The fourth-order valence-electron chi connectivity index (χ4n) is 7.58. The molecule has 1 aromatic heterocycles. The van der Waals surface area contributed by atoms with Gasteiger partial charge in [-0.25, -0.2) is 4.98 Å². The van der Waals surface area contributed by atoms with Crippen molar-refractivity contribution in [1.82, 2.24) is 9.55 Å². The Kier molecular flexibility index (Phi) is 4.64. The molecule has 4 aliphatic rings. The van der Waals surface area contributed by atoms with E-state index in [2.05, 4.69) is 113 Å². The van der Waals surface area contributed by atoms with Crippen LogP contribution in [-0.4, -0.2) is 15.6 Å². The lowest BCUT2D eigenvalue weighted by Crippen LogP contribution is -2.46. The predicted molar refractivity (Wildman–Crippen MR) is 152 cm³/mol. The number of benzene rings is 3. The van der Waals surface area contributed by atoms with Crippen molar-refractivity contribution in [2.45, 2.75) is 50.7 Å². The number of rotatable bonds is 1. The third-order valence-electron chi connectivity index (χ3n) is 9.10. The number of fused-ring (bicyclic) bond motifs is 9. The topological polar surface area (TPSA) is 21.1 Å². The zero-order valence-electron chi connectivity index (χ0n) is 21.2. The molecule has 3 unspecified atom stereocenters. The lowest BCUT2D eigenvalue weighted by atomic mass is 9.72. The molecular weight excluding hydrogens is 450 g/mol. The van der Waals surface area contributed by atoms with Crippen molar-refractivity contribution in [3.8, 4) is 11.4 Å². The number of nitrogens with zero attached hydrogens (tertiary/aromatic N) is 3. The second-order valence-electron chi connectivity index (χ2n) is 11.0. The van der Waals surface area contributed by atoms with E-state index in [1.807, 2.05) is 0 Å². The fraction of sp³-hybridized carbons (Fsp3) is 0.265. The Morgan fingerprint density at radius 3 is 2.59 bits per heavy atom. The summed E-state index contributed by atoms with van der Waals surface area (Å²) >= 11 is 0. The van der Waals surface area contributed by atoms with Crippen LogP contribution in [0.15, 0.2) is 103 Å². The second kappa shape index (κ2) is 8.08. The first-order valence-electron chi connectivity index (χ1n) is 13.8. The first-order valence-corrected chi connectivity index (χ1v) is 13.8. The van der Waals surface area contributed by atoms with Crippen LogP contribution in [0.5, 0.6) is 0 Å². The van der Waals surface area contributed by atoms with E-state index in [0.29, 0.717) is 12.0 Å². The van der Waals surface area contributed by atoms with Crippen LogP contribution in [-0.2, 0) is 0 Å². The van der Waals surface area contributed by atoms with E-state index in [1.165, 1.54) is 33.5 Å². The summed E-state index contributed by atoms with van der Waals surface area (Å²) in [5, 5.41) is 0. The maximum absolute atomic E-state index is 5.25. The largest absolute Gasteiger partial charge is 0.355 e. The van der Waals surface area contributed by atoms with Gasteiger partial charge in [0.05, 0.1) is 29.2 Å². The van der Waals surface area contributed by atoms with Gasteiger partial charge in [0.25, 0.3) is 0 Å². The van der Waals surface area contributed by atoms with Gasteiger partial charge in [-0.05, 0) is 72.2 Å². The lowest BCUT2D eigenvalue weighted by Gasteiger charge is -2.48. The van der Waals surface area contributed by atoms with Crippen LogP contribution < -0.4 is 4.90 Å². The zero-order chi connectivity index (χ0) is 24.5. The molecule has 2 heterocycles. The summed E-state index contributed by atoms with van der Waals surface area (Å²) < 4.78 is 2.56. The molecule has 0 spiro atoms. The van der Waals surface area contributed by atoms with Gasteiger partial charge < -0.3 is 9.47 Å². The number of anilines is 1. The van der Waals surface area contributed by atoms with E-state index in [-0.39, 0.29) is 12.1 Å². The second-order valence-corrected chi connectivity index (χ2v) is 11.0. The maximum Gasteiger partial charge on any atom is 0.143 e. The molecule has 182 valence electrons. The van der Waals surface area contributed by atoms with Crippen LogP contribution in [0, 0.1) is 5.92 Å². The Bertz CT molecular complexity index is 1630. The van der Waals surface area contributed by atoms with Gasteiger partial charge in [-0.15, -0.1) is 0 Å². The number of aromatic nitrogens is 2. The third-order valence-corrected chi connectivity index (χ3v) is 9.10. The molecule has 0 N–H and O–H groups in total. The predicted octanol–water partition coefficient (Wildman–Crippen LogP) is 8.28. The summed E-state index contributed by atoms with van der Waals surface area (Å²) in [6.07, 6.45) is 14.2. The number of para-hydroxylation sites is 3. The van der Waals surface area contributed by atoms with Gasteiger partial charge in [0, 0.05) is 17.2 Å². The van der Waals surface area contributed by atoms with Crippen molar-refractivity contribution in [2.75, 3.05) is 4.90 Å². The van der Waals surface area contributed by atoms with Crippen LogP contribution in [0.1, 0.15) is 55.8 Å². The highest BCUT2D eigenvalue weighted by Gasteiger charge is 2.44. The standard InChI is InChI=1S/C34H31N3/c1-22-23-12-2-3-13-24(23)25-14-4-5-15-26(25)33(22)36-29-18-8-6-16-27(29)34-35-28-17-7-9-19-30(28)37(34)32-21-11-10-20-31(32)36/h2,4-10,12,14-20,22,31-33H,3,11,13,21H2,1H3/t22?,31?,32-,33?/m1/s1. The molecular formula is C34H31N3. The zero-order valence-corrected chi connectivity index (χ0v) is 21.2. The van der Waals surface area contributed by atoms with E-state index in [1.54, 1.807) is 5.57 Å². The molecule has 0 saturated carbocycles. The van der Waals surface area contributed by atoms with Gasteiger partial charge in [-0.2, -0.15) is 0 Å². The summed E-state index contributed by atoms with van der Waals surface area (Å²) in [5.41, 5.74) is 10.9. The summed E-state index contributed by atoms with van der Waals surface area (Å²) in [5.74, 6) is 1.51. The smallest absolute Gasteiger partial charge is 0.143 e. The van der Waals surface area contributed by atoms with Crippen molar-refractivity contribution in [2.24, 2.45) is 5.92 Å².